The van der Waals surface area contributed by atoms with Gasteiger partial charge in [-0.15, -0.1) is 0 Å². The third-order valence-electron chi connectivity index (χ3n) is 1.59. The second-order valence-electron chi connectivity index (χ2n) is 3.42. The van der Waals surface area contributed by atoms with Gasteiger partial charge in [-0.3, -0.25) is 4.79 Å². The van der Waals surface area contributed by atoms with Crippen molar-refractivity contribution in [3.63, 3.8) is 0 Å². The van der Waals surface area contributed by atoms with Crippen LogP contribution < -0.4 is 0 Å². The van der Waals surface area contributed by atoms with Crippen molar-refractivity contribution >= 4 is 27.7 Å². The van der Waals surface area contributed by atoms with Gasteiger partial charge in [0.2, 0.25) is 0 Å². The van der Waals surface area contributed by atoms with E-state index in [1.807, 2.05) is 13.8 Å². The summed E-state index contributed by atoms with van der Waals surface area (Å²) in [6.07, 6.45) is 0.191. The van der Waals surface area contributed by atoms with Crippen molar-refractivity contribution in [1.82, 2.24) is 0 Å². The highest BCUT2D eigenvalue weighted by Gasteiger charge is 2.17. The Morgan fingerprint density at radius 3 is 2.29 bits per heavy atom. The number of carbonyl (C=O) groups is 2. The fraction of sp³-hybridized carbons (Fsp3) is 0.600. The smallest absolute Gasteiger partial charge is 0.334 e. The van der Waals surface area contributed by atoms with Gasteiger partial charge < -0.3 is 4.74 Å². The zero-order chi connectivity index (χ0) is 11.3. The van der Waals surface area contributed by atoms with Gasteiger partial charge in [0.15, 0.2) is 5.01 Å². The molecule has 0 saturated carbocycles. The molecule has 3 nitrogen and oxygen atoms in total. The Morgan fingerprint density at radius 1 is 1.43 bits per heavy atom. The predicted molar refractivity (Wildman–Crippen MR) is 58.1 cm³/mol. The van der Waals surface area contributed by atoms with Crippen molar-refractivity contribution in [2.24, 2.45) is 5.92 Å². The molecule has 0 aromatic heterocycles. The van der Waals surface area contributed by atoms with Crippen molar-refractivity contribution in [1.29, 1.82) is 0 Å². The molecule has 0 aromatic carbocycles. The molecule has 0 aromatic rings. The van der Waals surface area contributed by atoms with Crippen LogP contribution in [0.4, 0.5) is 0 Å². The molecular weight excluding hydrogens is 248 g/mol. The average molecular weight is 263 g/mol. The Hall–Kier alpha value is -0.640. The van der Waals surface area contributed by atoms with E-state index in [9.17, 15) is 9.59 Å². The Balaban J connectivity index is 3.99. The van der Waals surface area contributed by atoms with Crippen LogP contribution in [0.25, 0.3) is 0 Å². The second-order valence-corrected chi connectivity index (χ2v) is 4.44. The fourth-order valence-electron chi connectivity index (χ4n) is 0.652. The van der Waals surface area contributed by atoms with Gasteiger partial charge in [-0.05, 0) is 22.9 Å². The molecule has 14 heavy (non-hydrogen) atoms. The van der Waals surface area contributed by atoms with E-state index in [1.165, 1.54) is 0 Å². The van der Waals surface area contributed by atoms with Gasteiger partial charge in [0, 0.05) is 11.5 Å². The van der Waals surface area contributed by atoms with E-state index in [1.54, 1.807) is 6.92 Å². The largest absolute Gasteiger partial charge is 0.447 e. The van der Waals surface area contributed by atoms with Crippen LogP contribution in [0.1, 0.15) is 27.2 Å². The number of carbonyl (C=O) groups excluding carboxylic acids is 2. The van der Waals surface area contributed by atoms with Crippen LogP contribution in [0.5, 0.6) is 0 Å². The lowest BCUT2D eigenvalue weighted by atomic mass is 10.1. The van der Waals surface area contributed by atoms with Gasteiger partial charge >= 0.3 is 5.97 Å². The number of rotatable bonds is 5. The van der Waals surface area contributed by atoms with Crippen LogP contribution in [0.3, 0.4) is 0 Å². The zero-order valence-electron chi connectivity index (χ0n) is 8.67. The van der Waals surface area contributed by atoms with E-state index < -0.39 is 11.0 Å². The summed E-state index contributed by atoms with van der Waals surface area (Å²) >= 11 is 3.11. The molecule has 0 amide bonds. The fourth-order valence-corrected chi connectivity index (χ4v) is 1.14. The lowest BCUT2D eigenvalue weighted by Crippen LogP contribution is -2.19. The molecule has 0 aliphatic heterocycles. The summed E-state index contributed by atoms with van der Waals surface area (Å²) in [5.41, 5.74) is 0.325. The molecule has 0 N–H and O–H groups in total. The molecule has 0 heterocycles. The molecule has 0 spiro atoms. The van der Waals surface area contributed by atoms with Crippen LogP contribution in [0, 0.1) is 5.92 Å². The number of esters is 1. The summed E-state index contributed by atoms with van der Waals surface area (Å²) in [7, 11) is 0. The molecular formula is C10H15BrO3. The number of ether oxygens (including phenoxy) is 1. The molecule has 1 atom stereocenters. The molecule has 1 unspecified atom stereocenters. The molecule has 0 fully saturated rings. The van der Waals surface area contributed by atoms with Crippen LogP contribution >= 0.6 is 15.9 Å². The van der Waals surface area contributed by atoms with Crippen molar-refractivity contribution in [3.8, 4) is 0 Å². The number of hydrogen-bond donors (Lipinski definition) is 0. The van der Waals surface area contributed by atoms with E-state index in [0.29, 0.717) is 5.57 Å². The Kier molecular flexibility index (Phi) is 5.69. The van der Waals surface area contributed by atoms with Crippen LogP contribution in [-0.2, 0) is 14.3 Å². The highest BCUT2D eigenvalue weighted by molar-refractivity contribution is 9.09. The van der Waals surface area contributed by atoms with E-state index >= 15 is 0 Å². The van der Waals surface area contributed by atoms with Gasteiger partial charge in [-0.2, -0.15) is 0 Å². The summed E-state index contributed by atoms with van der Waals surface area (Å²) in [6.45, 7) is 8.62. The first-order valence-electron chi connectivity index (χ1n) is 4.38. The number of ketones is 1. The Labute approximate surface area is 92.6 Å². The van der Waals surface area contributed by atoms with Crippen molar-refractivity contribution in [2.75, 3.05) is 0 Å². The highest BCUT2D eigenvalue weighted by atomic mass is 79.9. The standard InChI is InChI=1S/C10H15BrO3/c1-6(2)8(12)5-9(11)14-10(13)7(3)4/h6,9H,3,5H2,1-2,4H3. The van der Waals surface area contributed by atoms with Gasteiger partial charge in [-0.25, -0.2) is 4.79 Å². The lowest BCUT2D eigenvalue weighted by Gasteiger charge is -2.11. The first kappa shape index (κ1) is 13.4. The molecule has 0 rings (SSSR count). The third kappa shape index (κ3) is 5.17. The molecule has 0 aliphatic carbocycles. The molecule has 0 radical (unpaired) electrons. The van der Waals surface area contributed by atoms with Crippen LogP contribution in [-0.4, -0.2) is 16.8 Å². The normalized spacial score (nSPS) is 12.4. The maximum atomic E-state index is 11.3. The molecule has 4 heteroatoms. The minimum atomic E-state index is -0.554. The number of halogens is 1. The Bertz CT molecular complexity index is 246. The van der Waals surface area contributed by atoms with Gasteiger partial charge in [-0.1, -0.05) is 20.4 Å². The topological polar surface area (TPSA) is 43.4 Å². The molecule has 0 saturated heterocycles. The SMILES string of the molecule is C=C(C)C(=O)OC(Br)CC(=O)C(C)C. The van der Waals surface area contributed by atoms with Crippen LogP contribution in [0.15, 0.2) is 12.2 Å². The number of Topliss-reactive ketones (excluding diaryl/α,β-unsaturated/α-hetero) is 1. The maximum Gasteiger partial charge on any atom is 0.334 e. The van der Waals surface area contributed by atoms with Crippen LogP contribution in [0.2, 0.25) is 0 Å². The number of hydrogen-bond acceptors (Lipinski definition) is 3. The minimum absolute atomic E-state index is 0.0430. The summed E-state index contributed by atoms with van der Waals surface area (Å²) < 4.78 is 4.89. The average Bonchev–Trinajstić information content (AvgIpc) is 2.03. The highest BCUT2D eigenvalue weighted by Crippen LogP contribution is 2.13. The summed E-state index contributed by atoms with van der Waals surface area (Å²) in [4.78, 5) is 22.3. The Morgan fingerprint density at radius 2 is 1.93 bits per heavy atom. The third-order valence-corrected chi connectivity index (χ3v) is 2.10. The number of alkyl halides is 1. The zero-order valence-corrected chi connectivity index (χ0v) is 10.3. The van der Waals surface area contributed by atoms with Gasteiger partial charge in [0.1, 0.15) is 5.78 Å². The maximum absolute atomic E-state index is 11.3. The minimum Gasteiger partial charge on any atom is -0.447 e. The van der Waals surface area contributed by atoms with Gasteiger partial charge in [0.25, 0.3) is 0 Å². The van der Waals surface area contributed by atoms with Crippen molar-refractivity contribution < 1.29 is 14.3 Å². The molecule has 80 valence electrons. The second kappa shape index (κ2) is 5.96. The van der Waals surface area contributed by atoms with Crippen molar-refractivity contribution in [2.45, 2.75) is 32.2 Å². The van der Waals surface area contributed by atoms with Crippen molar-refractivity contribution in [3.05, 3.63) is 12.2 Å². The summed E-state index contributed by atoms with van der Waals surface area (Å²) in [5.74, 6) is -0.469. The quantitative estimate of drug-likeness (QED) is 0.434. The van der Waals surface area contributed by atoms with Gasteiger partial charge in [0.05, 0.1) is 6.42 Å². The summed E-state index contributed by atoms with van der Waals surface area (Å²) in [6, 6.07) is 0. The monoisotopic (exact) mass is 262 g/mol. The van der Waals surface area contributed by atoms with E-state index in [4.69, 9.17) is 4.74 Å². The molecule has 0 aliphatic rings. The lowest BCUT2D eigenvalue weighted by molar-refractivity contribution is -0.141. The first-order chi connectivity index (χ1) is 6.34. The molecule has 0 bridgehead atoms. The van der Waals surface area contributed by atoms with E-state index in [0.717, 1.165) is 0 Å². The van der Waals surface area contributed by atoms with E-state index in [-0.39, 0.29) is 18.1 Å². The first-order valence-corrected chi connectivity index (χ1v) is 5.29. The summed E-state index contributed by atoms with van der Waals surface area (Å²) in [5, 5.41) is -0.554. The predicted octanol–water partition coefficient (Wildman–Crippen LogP) is 2.44. The van der Waals surface area contributed by atoms with E-state index in [2.05, 4.69) is 22.5 Å².